The third-order valence-electron chi connectivity index (χ3n) is 7.94. The minimum Gasteiger partial charge on any atom is -0.507 e. The number of pyridine rings is 1. The maximum absolute atomic E-state index is 13.4. The fourth-order valence-electron chi connectivity index (χ4n) is 5.14. The normalized spacial score (nSPS) is 11.1. The molecule has 0 saturated heterocycles. The summed E-state index contributed by atoms with van der Waals surface area (Å²) >= 11 is 0. The van der Waals surface area contributed by atoms with E-state index in [1.54, 1.807) is 52.8 Å². The number of aromatic carboxylic acids is 1. The van der Waals surface area contributed by atoms with Crippen LogP contribution >= 0.6 is 0 Å². The highest BCUT2D eigenvalue weighted by atomic mass is 19.1. The number of ether oxygens (including phenoxy) is 1. The van der Waals surface area contributed by atoms with E-state index in [0.29, 0.717) is 47.7 Å². The van der Waals surface area contributed by atoms with Gasteiger partial charge in [0.15, 0.2) is 5.75 Å². The maximum Gasteiger partial charge on any atom is 0.340 e. The number of amides is 1. The van der Waals surface area contributed by atoms with Crippen LogP contribution in [0.3, 0.4) is 0 Å². The molecule has 12 nitrogen and oxygen atoms in total. The van der Waals surface area contributed by atoms with E-state index < -0.39 is 17.1 Å². The number of aromatic nitrogens is 4. The van der Waals surface area contributed by atoms with Crippen LogP contribution in [0.4, 0.5) is 4.39 Å². The molecule has 4 N–H and O–H groups in total. The monoisotopic (exact) mass is 687 g/mol. The Bertz CT molecular complexity index is 1930. The number of aryl methyl sites for hydroxylation is 2. The first kappa shape index (κ1) is 37.1. The van der Waals surface area contributed by atoms with Crippen molar-refractivity contribution in [1.82, 2.24) is 24.9 Å². The number of benzene rings is 2. The molecule has 2 aromatic carbocycles. The third kappa shape index (κ3) is 10.6. The molecule has 50 heavy (non-hydrogen) atoms. The second kappa shape index (κ2) is 17.6. The summed E-state index contributed by atoms with van der Waals surface area (Å²) in [7, 11) is 1.69. The number of rotatable bonds is 17. The Morgan fingerprint density at radius 1 is 1.02 bits per heavy atom. The molecule has 264 valence electrons. The third-order valence-corrected chi connectivity index (χ3v) is 7.94. The molecule has 2 heterocycles. The van der Waals surface area contributed by atoms with Crippen molar-refractivity contribution in [2.75, 3.05) is 0 Å². The lowest BCUT2D eigenvalue weighted by atomic mass is 9.97. The van der Waals surface area contributed by atoms with Gasteiger partial charge in [0.2, 0.25) is 11.3 Å². The Morgan fingerprint density at radius 3 is 2.48 bits per heavy atom. The first-order chi connectivity index (χ1) is 23.9. The molecule has 0 radical (unpaired) electrons. The standard InChI is InChI=1S/C37H42FN5O7/c1-24(2)9-16-30-33(18-26(35(36(30)47)37(48)49)13-10-25-11-14-27(38)15-12-25)50-23-28-21-43(41-40-28)17-7-5-4-6-8-34(46)39-20-29-19-31(44)32(45)22-42(29)3/h9-15,18-19,21-22,45,47H,4-8,16-17,20,23H2,1-3H3,(H,39,46)(H,48,49)/b13-10+. The molecule has 13 heteroatoms. The number of carboxylic acids is 1. The highest BCUT2D eigenvalue weighted by molar-refractivity contribution is 5.97. The second-order valence-corrected chi connectivity index (χ2v) is 12.2. The van der Waals surface area contributed by atoms with Gasteiger partial charge in [-0.1, -0.05) is 54.0 Å². The average Bonchev–Trinajstić information content (AvgIpc) is 3.52. The molecule has 0 fully saturated rings. The average molecular weight is 688 g/mol. The van der Waals surface area contributed by atoms with Gasteiger partial charge in [-0.3, -0.25) is 14.3 Å². The SMILES string of the molecule is CC(C)=CCc1c(OCc2cn(CCCCCCC(=O)NCc3cc(=O)c(O)cn3C)nn2)cc(/C=C/c2ccc(F)cc2)c(C(=O)O)c1O. The molecular formula is C37H42FN5O7. The smallest absolute Gasteiger partial charge is 0.340 e. The van der Waals surface area contributed by atoms with Crippen LogP contribution in [0.15, 0.2) is 65.2 Å². The zero-order valence-electron chi connectivity index (χ0n) is 28.4. The van der Waals surface area contributed by atoms with E-state index in [1.807, 2.05) is 19.9 Å². The summed E-state index contributed by atoms with van der Waals surface area (Å²) < 4.78 is 22.7. The fourth-order valence-corrected chi connectivity index (χ4v) is 5.14. The molecule has 0 bridgehead atoms. The van der Waals surface area contributed by atoms with Crippen molar-refractivity contribution < 1.29 is 34.0 Å². The van der Waals surface area contributed by atoms with E-state index in [9.17, 15) is 34.1 Å². The predicted molar refractivity (Wildman–Crippen MR) is 186 cm³/mol. The van der Waals surface area contributed by atoms with Crippen LogP contribution in [0.25, 0.3) is 12.2 Å². The van der Waals surface area contributed by atoms with Crippen molar-refractivity contribution in [3.05, 3.63) is 110 Å². The maximum atomic E-state index is 13.4. The highest BCUT2D eigenvalue weighted by Crippen LogP contribution is 2.37. The van der Waals surface area contributed by atoms with Crippen molar-refractivity contribution >= 4 is 24.0 Å². The van der Waals surface area contributed by atoms with Gasteiger partial charge in [0.25, 0.3) is 0 Å². The van der Waals surface area contributed by atoms with Crippen LogP contribution < -0.4 is 15.5 Å². The second-order valence-electron chi connectivity index (χ2n) is 12.2. The minimum atomic E-state index is -1.29. The highest BCUT2D eigenvalue weighted by Gasteiger charge is 2.22. The van der Waals surface area contributed by atoms with Crippen molar-refractivity contribution in [1.29, 1.82) is 0 Å². The van der Waals surface area contributed by atoms with Gasteiger partial charge in [0.05, 0.1) is 12.7 Å². The summed E-state index contributed by atoms with van der Waals surface area (Å²) in [5.41, 5.74) is 2.58. The largest absolute Gasteiger partial charge is 0.507 e. The lowest BCUT2D eigenvalue weighted by Gasteiger charge is -2.16. The number of phenols is 1. The van der Waals surface area contributed by atoms with Gasteiger partial charge in [-0.2, -0.15) is 0 Å². The van der Waals surface area contributed by atoms with Crippen LogP contribution in [0.5, 0.6) is 17.2 Å². The molecule has 2 aromatic heterocycles. The quantitative estimate of drug-likeness (QED) is 0.0614. The number of hydrogen-bond acceptors (Lipinski definition) is 8. The Morgan fingerprint density at radius 2 is 1.76 bits per heavy atom. The van der Waals surface area contributed by atoms with Crippen molar-refractivity contribution in [2.24, 2.45) is 7.05 Å². The van der Waals surface area contributed by atoms with Gasteiger partial charge in [-0.15, -0.1) is 5.10 Å². The molecule has 0 aliphatic heterocycles. The van der Waals surface area contributed by atoms with E-state index in [2.05, 4.69) is 15.6 Å². The van der Waals surface area contributed by atoms with Crippen LogP contribution in [0.1, 0.15) is 84.4 Å². The summed E-state index contributed by atoms with van der Waals surface area (Å²) in [6.45, 7) is 4.65. The number of allylic oxidation sites excluding steroid dienone is 2. The molecule has 0 saturated carbocycles. The van der Waals surface area contributed by atoms with Gasteiger partial charge < -0.3 is 29.9 Å². The molecule has 0 aliphatic carbocycles. The van der Waals surface area contributed by atoms with Gasteiger partial charge >= 0.3 is 5.97 Å². The molecule has 0 atom stereocenters. The Balaban J connectivity index is 1.31. The molecule has 4 rings (SSSR count). The lowest BCUT2D eigenvalue weighted by molar-refractivity contribution is -0.121. The van der Waals surface area contributed by atoms with Crippen LogP contribution in [-0.4, -0.2) is 46.8 Å². The van der Waals surface area contributed by atoms with Crippen LogP contribution in [-0.2, 0) is 38.0 Å². The zero-order valence-corrected chi connectivity index (χ0v) is 28.4. The van der Waals surface area contributed by atoms with E-state index in [0.717, 1.165) is 24.8 Å². The van der Waals surface area contributed by atoms with Gasteiger partial charge in [0.1, 0.15) is 35.2 Å². The Kier molecular flexibility index (Phi) is 13.1. The summed E-state index contributed by atoms with van der Waals surface area (Å²) in [6.07, 6.45) is 12.0. The minimum absolute atomic E-state index is 0.0300. The Labute approximate surface area is 289 Å². The Hall–Kier alpha value is -5.72. The molecule has 4 aromatic rings. The van der Waals surface area contributed by atoms with Crippen molar-refractivity contribution in [3.63, 3.8) is 0 Å². The number of nitrogens with one attached hydrogen (secondary N) is 1. The zero-order chi connectivity index (χ0) is 36.2. The molecular weight excluding hydrogens is 645 g/mol. The number of carbonyl (C=O) groups is 2. The summed E-state index contributed by atoms with van der Waals surface area (Å²) in [5.74, 6) is -2.22. The summed E-state index contributed by atoms with van der Waals surface area (Å²) in [6, 6.07) is 8.59. The number of unbranched alkanes of at least 4 members (excludes halogenated alkanes) is 3. The first-order valence-electron chi connectivity index (χ1n) is 16.3. The number of carbonyl (C=O) groups excluding carboxylic acids is 1. The molecule has 0 aliphatic rings. The molecule has 0 spiro atoms. The fraction of sp³-hybridized carbons (Fsp3) is 0.324. The first-order valence-corrected chi connectivity index (χ1v) is 16.3. The number of carboxylic acid groups (broad SMARTS) is 1. The lowest BCUT2D eigenvalue weighted by Crippen LogP contribution is -2.25. The van der Waals surface area contributed by atoms with Crippen molar-refractivity contribution in [3.8, 4) is 17.2 Å². The molecule has 1 amide bonds. The van der Waals surface area contributed by atoms with Gasteiger partial charge in [-0.05, 0) is 62.4 Å². The summed E-state index contributed by atoms with van der Waals surface area (Å²) in [5, 5.41) is 41.7. The summed E-state index contributed by atoms with van der Waals surface area (Å²) in [4.78, 5) is 36.1. The predicted octanol–water partition coefficient (Wildman–Crippen LogP) is 5.75. The number of halogens is 1. The number of aromatic hydroxyl groups is 2. The van der Waals surface area contributed by atoms with E-state index in [-0.39, 0.29) is 48.2 Å². The number of hydrogen-bond donors (Lipinski definition) is 4. The van der Waals surface area contributed by atoms with E-state index in [1.165, 1.54) is 24.4 Å². The van der Waals surface area contributed by atoms with E-state index in [4.69, 9.17) is 4.74 Å². The van der Waals surface area contributed by atoms with Crippen molar-refractivity contribution in [2.45, 2.75) is 72.1 Å². The van der Waals surface area contributed by atoms with E-state index >= 15 is 0 Å². The number of nitrogens with zero attached hydrogens (tertiary/aromatic N) is 4. The van der Waals surface area contributed by atoms with Gasteiger partial charge in [-0.25, -0.2) is 9.18 Å². The van der Waals surface area contributed by atoms with Gasteiger partial charge in [0, 0.05) is 43.5 Å². The van der Waals surface area contributed by atoms with Crippen LogP contribution in [0.2, 0.25) is 0 Å². The van der Waals surface area contributed by atoms with Crippen LogP contribution in [0, 0.1) is 5.82 Å². The molecule has 0 unspecified atom stereocenters. The topological polar surface area (TPSA) is 169 Å².